The maximum Gasteiger partial charge on any atom is 0.314 e. The zero-order valence-electron chi connectivity index (χ0n) is 11.1. The van der Waals surface area contributed by atoms with E-state index in [1.807, 2.05) is 44.3 Å². The summed E-state index contributed by atoms with van der Waals surface area (Å²) in [5.74, 6) is -0.701. The molecule has 0 aliphatic rings. The van der Waals surface area contributed by atoms with Crippen molar-refractivity contribution in [2.75, 3.05) is 13.7 Å². The van der Waals surface area contributed by atoms with Gasteiger partial charge in [-0.15, -0.1) is 0 Å². The standard InChI is InChI=1S/C12H14N2O2.C2H6/c1-16-12(15)9(6-13)10-7-14-11-5-3-2-4-8(10)11;1-2/h2-5,7,9,14H,6,13H2,1H3;1-2H3. The highest BCUT2D eigenvalue weighted by Gasteiger charge is 2.22. The highest BCUT2D eigenvalue weighted by molar-refractivity contribution is 5.90. The molecule has 1 aromatic heterocycles. The molecule has 1 aromatic carbocycles. The number of hydrogen-bond donors (Lipinski definition) is 2. The van der Waals surface area contributed by atoms with Gasteiger partial charge in [-0.3, -0.25) is 4.79 Å². The summed E-state index contributed by atoms with van der Waals surface area (Å²) in [6.45, 7) is 4.24. The molecule has 2 aromatic rings. The molecule has 4 heteroatoms. The van der Waals surface area contributed by atoms with Crippen LogP contribution in [0.1, 0.15) is 25.3 Å². The van der Waals surface area contributed by atoms with Gasteiger partial charge in [-0.1, -0.05) is 32.0 Å². The van der Waals surface area contributed by atoms with Gasteiger partial charge in [0.05, 0.1) is 13.0 Å². The van der Waals surface area contributed by atoms with Crippen LogP contribution in [0.25, 0.3) is 10.9 Å². The molecule has 2 rings (SSSR count). The molecule has 18 heavy (non-hydrogen) atoms. The number of hydrogen-bond acceptors (Lipinski definition) is 3. The molecular formula is C14H20N2O2. The first-order valence-electron chi connectivity index (χ1n) is 6.12. The van der Waals surface area contributed by atoms with Crippen molar-refractivity contribution >= 4 is 16.9 Å². The molecular weight excluding hydrogens is 228 g/mol. The molecule has 98 valence electrons. The normalized spacial score (nSPS) is 11.6. The molecule has 1 atom stereocenters. The van der Waals surface area contributed by atoms with Crippen LogP contribution in [0.15, 0.2) is 30.5 Å². The summed E-state index contributed by atoms with van der Waals surface area (Å²) in [5.41, 5.74) is 7.51. The average molecular weight is 248 g/mol. The van der Waals surface area contributed by atoms with E-state index in [9.17, 15) is 4.79 Å². The second-order valence-corrected chi connectivity index (χ2v) is 3.60. The fourth-order valence-corrected chi connectivity index (χ4v) is 1.87. The predicted molar refractivity (Wildman–Crippen MR) is 73.5 cm³/mol. The number of carbonyl (C=O) groups is 1. The van der Waals surface area contributed by atoms with Gasteiger partial charge in [0, 0.05) is 23.6 Å². The molecule has 0 saturated carbocycles. The van der Waals surface area contributed by atoms with Crippen molar-refractivity contribution in [1.82, 2.24) is 4.98 Å². The summed E-state index contributed by atoms with van der Waals surface area (Å²) < 4.78 is 4.74. The number of rotatable bonds is 3. The van der Waals surface area contributed by atoms with E-state index in [2.05, 4.69) is 4.98 Å². The van der Waals surface area contributed by atoms with Crippen LogP contribution in [0.3, 0.4) is 0 Å². The minimum atomic E-state index is -0.402. The van der Waals surface area contributed by atoms with E-state index in [1.165, 1.54) is 7.11 Å². The molecule has 1 heterocycles. The molecule has 0 aliphatic heterocycles. The number of ether oxygens (including phenoxy) is 1. The first-order chi connectivity index (χ1) is 8.77. The van der Waals surface area contributed by atoms with Gasteiger partial charge in [-0.05, 0) is 11.6 Å². The Labute approximate surface area is 107 Å². The molecule has 1 unspecified atom stereocenters. The first kappa shape index (κ1) is 14.3. The van der Waals surface area contributed by atoms with Gasteiger partial charge in [0.25, 0.3) is 0 Å². The van der Waals surface area contributed by atoms with Crippen molar-refractivity contribution in [1.29, 1.82) is 0 Å². The smallest absolute Gasteiger partial charge is 0.314 e. The van der Waals surface area contributed by atoms with Crippen LogP contribution in [-0.2, 0) is 9.53 Å². The van der Waals surface area contributed by atoms with Crippen LogP contribution >= 0.6 is 0 Å². The number of H-pyrrole nitrogens is 1. The van der Waals surface area contributed by atoms with Crippen molar-refractivity contribution in [3.63, 3.8) is 0 Å². The van der Waals surface area contributed by atoms with E-state index >= 15 is 0 Å². The van der Waals surface area contributed by atoms with Gasteiger partial charge in [-0.2, -0.15) is 0 Å². The van der Waals surface area contributed by atoms with E-state index in [-0.39, 0.29) is 12.5 Å². The van der Waals surface area contributed by atoms with Crippen LogP contribution in [0.4, 0.5) is 0 Å². The summed E-state index contributed by atoms with van der Waals surface area (Å²) in [6.07, 6.45) is 1.82. The minimum Gasteiger partial charge on any atom is -0.469 e. The van der Waals surface area contributed by atoms with Crippen molar-refractivity contribution < 1.29 is 9.53 Å². The summed E-state index contributed by atoms with van der Waals surface area (Å²) >= 11 is 0. The summed E-state index contributed by atoms with van der Waals surface area (Å²) in [4.78, 5) is 14.7. The molecule has 0 fully saturated rings. The number of para-hydroxylation sites is 1. The molecule has 0 bridgehead atoms. The summed E-state index contributed by atoms with van der Waals surface area (Å²) in [7, 11) is 1.37. The maximum absolute atomic E-state index is 11.6. The Morgan fingerprint density at radius 1 is 1.39 bits per heavy atom. The van der Waals surface area contributed by atoms with Crippen LogP contribution < -0.4 is 5.73 Å². The Morgan fingerprint density at radius 2 is 2.06 bits per heavy atom. The fourth-order valence-electron chi connectivity index (χ4n) is 1.87. The van der Waals surface area contributed by atoms with Gasteiger partial charge in [0.1, 0.15) is 0 Å². The topological polar surface area (TPSA) is 68.1 Å². The average Bonchev–Trinajstić information content (AvgIpc) is 2.86. The van der Waals surface area contributed by atoms with Crippen molar-refractivity contribution in [3.8, 4) is 0 Å². The molecule has 0 spiro atoms. The highest BCUT2D eigenvalue weighted by atomic mass is 16.5. The Balaban J connectivity index is 0.000000771. The third kappa shape index (κ3) is 2.71. The lowest BCUT2D eigenvalue weighted by Crippen LogP contribution is -2.22. The molecule has 0 saturated heterocycles. The van der Waals surface area contributed by atoms with Crippen molar-refractivity contribution in [3.05, 3.63) is 36.0 Å². The highest BCUT2D eigenvalue weighted by Crippen LogP contribution is 2.25. The third-order valence-corrected chi connectivity index (χ3v) is 2.72. The van der Waals surface area contributed by atoms with E-state index in [1.54, 1.807) is 0 Å². The number of aromatic nitrogens is 1. The number of aromatic amines is 1. The SMILES string of the molecule is CC.COC(=O)C(CN)c1c[nH]c2ccccc12. The van der Waals surface area contributed by atoms with Crippen LogP contribution in [0.2, 0.25) is 0 Å². The minimum absolute atomic E-state index is 0.245. The Bertz CT molecular complexity index is 505. The number of carbonyl (C=O) groups excluding carboxylic acids is 1. The van der Waals surface area contributed by atoms with Crippen molar-refractivity contribution in [2.24, 2.45) is 5.73 Å². The lowest BCUT2D eigenvalue weighted by atomic mass is 9.99. The quantitative estimate of drug-likeness (QED) is 0.820. The summed E-state index contributed by atoms with van der Waals surface area (Å²) in [5, 5.41) is 1.02. The van der Waals surface area contributed by atoms with Gasteiger partial charge >= 0.3 is 5.97 Å². The van der Waals surface area contributed by atoms with E-state index < -0.39 is 5.92 Å². The number of fused-ring (bicyclic) bond motifs is 1. The third-order valence-electron chi connectivity index (χ3n) is 2.72. The van der Waals surface area contributed by atoms with Crippen molar-refractivity contribution in [2.45, 2.75) is 19.8 Å². The molecule has 0 amide bonds. The van der Waals surface area contributed by atoms with Crippen LogP contribution in [-0.4, -0.2) is 24.6 Å². The van der Waals surface area contributed by atoms with Crippen LogP contribution in [0.5, 0.6) is 0 Å². The second kappa shape index (κ2) is 6.81. The number of methoxy groups -OCH3 is 1. The zero-order chi connectivity index (χ0) is 13.5. The van der Waals surface area contributed by atoms with Gasteiger partial charge in [0.2, 0.25) is 0 Å². The number of esters is 1. The first-order valence-corrected chi connectivity index (χ1v) is 6.12. The molecule has 0 radical (unpaired) electrons. The zero-order valence-corrected chi connectivity index (χ0v) is 11.1. The Kier molecular flexibility index (Phi) is 5.39. The van der Waals surface area contributed by atoms with Crippen LogP contribution in [0, 0.1) is 0 Å². The molecule has 3 N–H and O–H groups in total. The van der Waals surface area contributed by atoms with E-state index in [4.69, 9.17) is 10.5 Å². The van der Waals surface area contributed by atoms with Gasteiger partial charge in [-0.25, -0.2) is 0 Å². The summed E-state index contributed by atoms with van der Waals surface area (Å²) in [6, 6.07) is 7.80. The molecule has 0 aliphatic carbocycles. The van der Waals surface area contributed by atoms with E-state index in [0.29, 0.717) is 0 Å². The molecule has 4 nitrogen and oxygen atoms in total. The largest absolute Gasteiger partial charge is 0.469 e. The lowest BCUT2D eigenvalue weighted by Gasteiger charge is -2.11. The monoisotopic (exact) mass is 248 g/mol. The number of nitrogens with two attached hydrogens (primary N) is 1. The fraction of sp³-hybridized carbons (Fsp3) is 0.357. The number of nitrogens with one attached hydrogen (secondary N) is 1. The second-order valence-electron chi connectivity index (χ2n) is 3.60. The lowest BCUT2D eigenvalue weighted by molar-refractivity contribution is -0.142. The Hall–Kier alpha value is -1.81. The van der Waals surface area contributed by atoms with E-state index in [0.717, 1.165) is 16.5 Å². The maximum atomic E-state index is 11.6. The Morgan fingerprint density at radius 3 is 2.67 bits per heavy atom. The number of benzene rings is 1. The van der Waals surface area contributed by atoms with Gasteiger partial charge in [0.15, 0.2) is 0 Å². The van der Waals surface area contributed by atoms with Gasteiger partial charge < -0.3 is 15.5 Å². The predicted octanol–water partition coefficient (Wildman–Crippen LogP) is 2.41.